The number of carbonyl (C=O) groups excluding carboxylic acids is 1. The van der Waals surface area contributed by atoms with Crippen LogP contribution in [0.2, 0.25) is 0 Å². The molecule has 5 atom stereocenters. The van der Waals surface area contributed by atoms with Crippen molar-refractivity contribution in [2.24, 2.45) is 11.8 Å². The van der Waals surface area contributed by atoms with E-state index in [2.05, 4.69) is 5.32 Å². The topological polar surface area (TPSA) is 133 Å². The highest BCUT2D eigenvalue weighted by Gasteiger charge is 2.44. The third kappa shape index (κ3) is 7.93. The van der Waals surface area contributed by atoms with E-state index >= 15 is 0 Å². The van der Waals surface area contributed by atoms with E-state index in [-0.39, 0.29) is 42.0 Å². The summed E-state index contributed by atoms with van der Waals surface area (Å²) in [5, 5.41) is 22.1. The number of carbonyl (C=O) groups is 2. The Hall–Kier alpha value is -2.66. The number of amides is 1. The lowest BCUT2D eigenvalue weighted by Gasteiger charge is -2.22. The number of hydrogen-bond donors (Lipinski definition) is 3. The van der Waals surface area contributed by atoms with Gasteiger partial charge in [0, 0.05) is 25.2 Å². The number of benzene rings is 1. The molecule has 2 rings (SSSR count). The van der Waals surface area contributed by atoms with E-state index in [0.29, 0.717) is 5.75 Å². The number of anilines is 1. The van der Waals surface area contributed by atoms with Gasteiger partial charge in [-0.25, -0.2) is 4.79 Å². The summed E-state index contributed by atoms with van der Waals surface area (Å²) >= 11 is 0. The van der Waals surface area contributed by atoms with Crippen LogP contribution in [0, 0.1) is 11.8 Å². The second-order valence-corrected chi connectivity index (χ2v) is 9.14. The summed E-state index contributed by atoms with van der Waals surface area (Å²) in [5.41, 5.74) is -0.193. The average molecular weight is 496 g/mol. The second kappa shape index (κ2) is 12.3. The summed E-state index contributed by atoms with van der Waals surface area (Å²) in [6.45, 7) is 8.96. The van der Waals surface area contributed by atoms with Crippen LogP contribution < -0.4 is 14.8 Å². The Labute approximate surface area is 206 Å². The largest absolute Gasteiger partial charge is 0.497 e. The third-order valence-electron chi connectivity index (χ3n) is 5.74. The lowest BCUT2D eigenvalue weighted by Crippen LogP contribution is -2.32. The van der Waals surface area contributed by atoms with Gasteiger partial charge in [0.2, 0.25) is 5.91 Å². The first kappa shape index (κ1) is 28.6. The van der Waals surface area contributed by atoms with Crippen molar-refractivity contribution in [1.82, 2.24) is 0 Å². The average Bonchev–Trinajstić information content (AvgIpc) is 3.08. The standard InChI is InChI=1S/C25H37NO9/c1-14(16(3)27)8-9-15(2)23-20(34-25(4,5)35-23)12-21(28)26-18-10-17(32-7)11-19(33-13-31-6)22(18)24(29)30/h8-11,14-16,20,23,27H,12-13H2,1-7H3,(H,26,28)(H,29,30)/b9-8-/t14-,15?,16-,20+,23-/m1/s1. The van der Waals surface area contributed by atoms with Gasteiger partial charge in [-0.3, -0.25) is 4.79 Å². The number of hydrogen-bond acceptors (Lipinski definition) is 8. The summed E-state index contributed by atoms with van der Waals surface area (Å²) in [7, 11) is 2.83. The van der Waals surface area contributed by atoms with Crippen LogP contribution >= 0.6 is 0 Å². The molecule has 0 radical (unpaired) electrons. The predicted molar refractivity (Wildman–Crippen MR) is 129 cm³/mol. The molecule has 1 aliphatic rings. The summed E-state index contributed by atoms with van der Waals surface area (Å²) in [6, 6.07) is 2.82. The van der Waals surface area contributed by atoms with E-state index < -0.39 is 36.0 Å². The Kier molecular flexibility index (Phi) is 10.1. The third-order valence-corrected chi connectivity index (χ3v) is 5.74. The van der Waals surface area contributed by atoms with Crippen LogP contribution in [-0.2, 0) is 19.0 Å². The normalized spacial score (nSPS) is 21.9. The van der Waals surface area contributed by atoms with Crippen molar-refractivity contribution < 1.29 is 43.5 Å². The van der Waals surface area contributed by atoms with E-state index in [0.717, 1.165) is 0 Å². The van der Waals surface area contributed by atoms with Gasteiger partial charge in [0.25, 0.3) is 0 Å². The fourth-order valence-electron chi connectivity index (χ4n) is 3.73. The van der Waals surface area contributed by atoms with Gasteiger partial charge >= 0.3 is 5.97 Å². The molecule has 0 bridgehead atoms. The zero-order chi connectivity index (χ0) is 26.3. The Balaban J connectivity index is 2.24. The number of aliphatic hydroxyl groups excluding tert-OH is 1. The van der Waals surface area contributed by atoms with Crippen LogP contribution in [0.3, 0.4) is 0 Å². The van der Waals surface area contributed by atoms with Gasteiger partial charge in [-0.1, -0.05) is 26.0 Å². The van der Waals surface area contributed by atoms with Crippen molar-refractivity contribution in [2.75, 3.05) is 26.3 Å². The highest BCUT2D eigenvalue weighted by atomic mass is 16.8. The molecule has 3 N–H and O–H groups in total. The smallest absolute Gasteiger partial charge is 0.341 e. The number of carboxylic acid groups (broad SMARTS) is 1. The molecule has 196 valence electrons. The van der Waals surface area contributed by atoms with Crippen molar-refractivity contribution in [3.05, 3.63) is 29.8 Å². The number of nitrogens with one attached hydrogen (secondary N) is 1. The lowest BCUT2D eigenvalue weighted by molar-refractivity contribution is -0.150. The first-order chi connectivity index (χ1) is 16.4. The van der Waals surface area contributed by atoms with Gasteiger partial charge in [-0.05, 0) is 26.7 Å². The zero-order valence-corrected chi connectivity index (χ0v) is 21.4. The minimum atomic E-state index is -1.28. The zero-order valence-electron chi connectivity index (χ0n) is 21.4. The van der Waals surface area contributed by atoms with Crippen LogP contribution in [0.5, 0.6) is 11.5 Å². The van der Waals surface area contributed by atoms with Crippen LogP contribution in [0.25, 0.3) is 0 Å². The van der Waals surface area contributed by atoms with E-state index in [1.165, 1.54) is 26.4 Å². The Morgan fingerprint density at radius 2 is 1.86 bits per heavy atom. The number of rotatable bonds is 12. The van der Waals surface area contributed by atoms with E-state index in [1.807, 2.05) is 26.0 Å². The summed E-state index contributed by atoms with van der Waals surface area (Å²) in [5.74, 6) is -2.46. The van der Waals surface area contributed by atoms with Crippen LogP contribution in [-0.4, -0.2) is 67.2 Å². The molecule has 0 aromatic heterocycles. The van der Waals surface area contributed by atoms with Crippen LogP contribution in [0.15, 0.2) is 24.3 Å². The monoisotopic (exact) mass is 495 g/mol. The molecule has 10 nitrogen and oxygen atoms in total. The summed E-state index contributed by atoms with van der Waals surface area (Å²) in [6.07, 6.45) is 2.32. The van der Waals surface area contributed by atoms with E-state index in [1.54, 1.807) is 20.8 Å². The predicted octanol–water partition coefficient (Wildman–Crippen LogP) is 3.43. The van der Waals surface area contributed by atoms with Gasteiger partial charge in [0.1, 0.15) is 17.1 Å². The number of carboxylic acids is 1. The fourth-order valence-corrected chi connectivity index (χ4v) is 3.73. The van der Waals surface area contributed by atoms with Crippen LogP contribution in [0.1, 0.15) is 51.4 Å². The number of methoxy groups -OCH3 is 2. The minimum Gasteiger partial charge on any atom is -0.497 e. The number of aliphatic hydroxyl groups is 1. The Morgan fingerprint density at radius 3 is 2.43 bits per heavy atom. The number of aromatic carboxylic acids is 1. The summed E-state index contributed by atoms with van der Waals surface area (Å²) in [4.78, 5) is 25.0. The van der Waals surface area contributed by atoms with Crippen molar-refractivity contribution in [1.29, 1.82) is 0 Å². The molecule has 1 aliphatic heterocycles. The van der Waals surface area contributed by atoms with Gasteiger partial charge in [-0.15, -0.1) is 0 Å². The molecule has 35 heavy (non-hydrogen) atoms. The quantitative estimate of drug-likeness (QED) is 0.295. The van der Waals surface area contributed by atoms with Crippen molar-refractivity contribution in [3.63, 3.8) is 0 Å². The maximum Gasteiger partial charge on any atom is 0.341 e. The molecule has 1 unspecified atom stereocenters. The molecule has 1 amide bonds. The molecule has 1 heterocycles. The van der Waals surface area contributed by atoms with Crippen molar-refractivity contribution in [2.45, 2.75) is 65.1 Å². The van der Waals surface area contributed by atoms with E-state index in [4.69, 9.17) is 23.7 Å². The van der Waals surface area contributed by atoms with Gasteiger partial charge in [0.15, 0.2) is 12.6 Å². The minimum absolute atomic E-state index is 0.000509. The molecular weight excluding hydrogens is 458 g/mol. The SMILES string of the molecule is COCOc1cc(OC)cc(NC(=O)C[C@@H]2OC(C)(C)O[C@@H]2C(C)/C=C\[C@@H](C)[C@@H](C)O)c1C(=O)O. The number of ether oxygens (including phenoxy) is 5. The molecule has 1 fully saturated rings. The van der Waals surface area contributed by atoms with Crippen LogP contribution in [0.4, 0.5) is 5.69 Å². The van der Waals surface area contributed by atoms with Crippen molar-refractivity contribution >= 4 is 17.6 Å². The molecule has 1 saturated heterocycles. The molecule has 10 heteroatoms. The van der Waals surface area contributed by atoms with Crippen molar-refractivity contribution in [3.8, 4) is 11.5 Å². The second-order valence-electron chi connectivity index (χ2n) is 9.14. The Bertz CT molecular complexity index is 912. The molecule has 0 aliphatic carbocycles. The molecule has 0 spiro atoms. The molecule has 1 aromatic rings. The first-order valence-corrected chi connectivity index (χ1v) is 11.5. The maximum atomic E-state index is 13.0. The highest BCUT2D eigenvalue weighted by molar-refractivity contribution is 6.03. The lowest BCUT2D eigenvalue weighted by atomic mass is 9.95. The van der Waals surface area contributed by atoms with E-state index in [9.17, 15) is 19.8 Å². The maximum absolute atomic E-state index is 13.0. The highest BCUT2D eigenvalue weighted by Crippen LogP contribution is 2.36. The molecule has 0 saturated carbocycles. The molecular formula is C25H37NO9. The van der Waals surface area contributed by atoms with Gasteiger partial charge < -0.3 is 39.2 Å². The fraction of sp³-hybridized carbons (Fsp3) is 0.600. The van der Waals surface area contributed by atoms with Gasteiger partial charge in [-0.2, -0.15) is 0 Å². The first-order valence-electron chi connectivity index (χ1n) is 11.5. The summed E-state index contributed by atoms with van der Waals surface area (Å²) < 4.78 is 27.5. The Morgan fingerprint density at radius 1 is 1.17 bits per heavy atom. The molecule has 1 aromatic carbocycles. The van der Waals surface area contributed by atoms with Gasteiger partial charge in [0.05, 0.1) is 37.5 Å².